The average Bonchev–Trinajstić information content (AvgIpc) is 3.05. The van der Waals surface area contributed by atoms with Gasteiger partial charge in [0.2, 0.25) is 15.9 Å². The van der Waals surface area contributed by atoms with Gasteiger partial charge in [-0.2, -0.15) is 4.31 Å². The first-order chi connectivity index (χ1) is 13.8. The molecule has 4 rings (SSSR count). The van der Waals surface area contributed by atoms with Crippen LogP contribution in [0.4, 0.5) is 10.1 Å². The maximum atomic E-state index is 13.3. The summed E-state index contributed by atoms with van der Waals surface area (Å²) < 4.78 is 40.2. The van der Waals surface area contributed by atoms with Crippen LogP contribution in [-0.2, 0) is 27.7 Å². The van der Waals surface area contributed by atoms with Crippen molar-refractivity contribution in [3.63, 3.8) is 0 Å². The zero-order valence-electron chi connectivity index (χ0n) is 16.0. The molecule has 1 heterocycles. The van der Waals surface area contributed by atoms with Crippen molar-refractivity contribution in [1.29, 1.82) is 0 Å². The van der Waals surface area contributed by atoms with Gasteiger partial charge in [0.15, 0.2) is 0 Å². The second kappa shape index (κ2) is 7.61. The molecular weight excluding hydrogens is 393 g/mol. The molecule has 8 heteroatoms. The number of anilines is 1. The van der Waals surface area contributed by atoms with Crippen molar-refractivity contribution in [2.45, 2.75) is 30.6 Å². The van der Waals surface area contributed by atoms with Gasteiger partial charge in [0.1, 0.15) is 5.82 Å². The van der Waals surface area contributed by atoms with Crippen LogP contribution in [0.2, 0.25) is 0 Å². The summed E-state index contributed by atoms with van der Waals surface area (Å²) in [5, 5.41) is 3.44. The lowest BCUT2D eigenvalue weighted by Gasteiger charge is -2.17. The molecule has 6 nitrogen and oxygen atoms in total. The van der Waals surface area contributed by atoms with E-state index in [1.54, 1.807) is 24.3 Å². The van der Waals surface area contributed by atoms with Gasteiger partial charge in [0.25, 0.3) is 0 Å². The highest BCUT2D eigenvalue weighted by Gasteiger charge is 2.25. The van der Waals surface area contributed by atoms with Gasteiger partial charge in [-0.1, -0.05) is 6.07 Å². The van der Waals surface area contributed by atoms with Crippen LogP contribution >= 0.6 is 0 Å². The molecule has 3 aromatic rings. The smallest absolute Gasteiger partial charge is 0.243 e. The molecule has 0 radical (unpaired) electrons. The van der Waals surface area contributed by atoms with Crippen molar-refractivity contribution in [1.82, 2.24) is 9.29 Å². The number of likely N-dealkylation sites (N-methyl/N-ethyl adjacent to an activating group) is 1. The first kappa shape index (κ1) is 19.6. The van der Waals surface area contributed by atoms with E-state index >= 15 is 0 Å². The van der Waals surface area contributed by atoms with Gasteiger partial charge >= 0.3 is 0 Å². The van der Waals surface area contributed by atoms with Crippen LogP contribution in [0.1, 0.15) is 24.1 Å². The fraction of sp³-hybridized carbons (Fsp3) is 0.286. The van der Waals surface area contributed by atoms with Crippen LogP contribution in [0.3, 0.4) is 0 Å². The molecule has 29 heavy (non-hydrogen) atoms. The van der Waals surface area contributed by atoms with Crippen molar-refractivity contribution >= 4 is 32.5 Å². The highest BCUT2D eigenvalue weighted by molar-refractivity contribution is 7.89. The fourth-order valence-corrected chi connectivity index (χ4v) is 4.93. The molecule has 2 aromatic carbocycles. The molecule has 0 bridgehead atoms. The van der Waals surface area contributed by atoms with Crippen molar-refractivity contribution in [3.05, 3.63) is 59.5 Å². The Kier molecular flexibility index (Phi) is 5.14. The highest BCUT2D eigenvalue weighted by atomic mass is 32.2. The Bertz CT molecular complexity index is 1190. The van der Waals surface area contributed by atoms with E-state index in [9.17, 15) is 17.6 Å². The van der Waals surface area contributed by atoms with Crippen LogP contribution in [0.25, 0.3) is 10.9 Å². The van der Waals surface area contributed by atoms with Crippen molar-refractivity contribution in [2.24, 2.45) is 0 Å². The van der Waals surface area contributed by atoms with Crippen LogP contribution in [0, 0.1) is 5.82 Å². The number of benzene rings is 2. The number of aromatic nitrogens is 1. The van der Waals surface area contributed by atoms with Crippen molar-refractivity contribution in [2.75, 3.05) is 18.9 Å². The SMILES string of the molecule is CN(CC(=O)Nc1cccc(F)c1)S(=O)(=O)c1ccc2[nH]c3c(c2c1)CCCC3. The molecule has 1 aliphatic rings. The molecule has 152 valence electrons. The molecule has 0 saturated carbocycles. The van der Waals surface area contributed by atoms with E-state index in [1.807, 2.05) is 0 Å². The normalized spacial score (nSPS) is 14.2. The van der Waals surface area contributed by atoms with Crippen molar-refractivity contribution in [3.8, 4) is 0 Å². The number of H-pyrrole nitrogens is 1. The third kappa shape index (κ3) is 3.90. The Morgan fingerprint density at radius 2 is 1.97 bits per heavy atom. The average molecular weight is 415 g/mol. The number of sulfonamides is 1. The number of nitrogens with zero attached hydrogens (tertiary/aromatic N) is 1. The predicted molar refractivity (Wildman–Crippen MR) is 110 cm³/mol. The molecule has 0 spiro atoms. The van der Waals surface area contributed by atoms with E-state index in [1.165, 1.54) is 36.5 Å². The van der Waals surface area contributed by atoms with Crippen LogP contribution in [0.5, 0.6) is 0 Å². The minimum Gasteiger partial charge on any atom is -0.358 e. The van der Waals surface area contributed by atoms with Gasteiger partial charge in [-0.25, -0.2) is 12.8 Å². The summed E-state index contributed by atoms with van der Waals surface area (Å²) >= 11 is 0. The lowest BCUT2D eigenvalue weighted by molar-refractivity contribution is -0.116. The Morgan fingerprint density at radius 1 is 1.17 bits per heavy atom. The number of halogens is 1. The van der Waals surface area contributed by atoms with Crippen LogP contribution < -0.4 is 5.32 Å². The minimum atomic E-state index is -3.85. The number of carbonyl (C=O) groups excluding carboxylic acids is 1. The molecule has 0 atom stereocenters. The summed E-state index contributed by atoms with van der Waals surface area (Å²) in [6.07, 6.45) is 4.14. The quantitative estimate of drug-likeness (QED) is 0.670. The van der Waals surface area contributed by atoms with Gasteiger partial charge in [-0.05, 0) is 67.6 Å². The number of rotatable bonds is 5. The number of amides is 1. The molecular formula is C21H22FN3O3S. The van der Waals surface area contributed by atoms with Crippen LogP contribution in [0.15, 0.2) is 47.4 Å². The first-order valence-electron chi connectivity index (χ1n) is 9.50. The number of carbonyl (C=O) groups is 1. The Hall–Kier alpha value is -2.71. The Labute approximate surface area is 168 Å². The highest BCUT2D eigenvalue weighted by Crippen LogP contribution is 2.31. The third-order valence-corrected chi connectivity index (χ3v) is 7.05. The van der Waals surface area contributed by atoms with Gasteiger partial charge in [-0.3, -0.25) is 4.79 Å². The number of hydrogen-bond donors (Lipinski definition) is 2. The van der Waals surface area contributed by atoms with Gasteiger partial charge < -0.3 is 10.3 Å². The van der Waals surface area contributed by atoms with Gasteiger partial charge in [0, 0.05) is 29.3 Å². The second-order valence-electron chi connectivity index (χ2n) is 7.32. The molecule has 1 amide bonds. The zero-order valence-corrected chi connectivity index (χ0v) is 16.9. The molecule has 0 saturated heterocycles. The largest absolute Gasteiger partial charge is 0.358 e. The van der Waals surface area contributed by atoms with E-state index < -0.39 is 21.7 Å². The summed E-state index contributed by atoms with van der Waals surface area (Å²) in [6, 6.07) is 10.5. The molecule has 2 N–H and O–H groups in total. The maximum Gasteiger partial charge on any atom is 0.243 e. The molecule has 1 aliphatic carbocycles. The first-order valence-corrected chi connectivity index (χ1v) is 10.9. The summed E-state index contributed by atoms with van der Waals surface area (Å²) in [7, 11) is -2.49. The number of aromatic amines is 1. The Balaban J connectivity index is 1.54. The number of fused-ring (bicyclic) bond motifs is 3. The standard InChI is InChI=1S/C21H22FN3O3S/c1-25(13-21(26)23-15-6-4-5-14(22)11-15)29(27,28)16-9-10-20-18(12-16)17-7-2-3-8-19(17)24-20/h4-6,9-12,24H,2-3,7-8,13H2,1H3,(H,23,26). The molecule has 0 unspecified atom stereocenters. The topological polar surface area (TPSA) is 82.3 Å². The van der Waals surface area contributed by atoms with E-state index in [0.717, 1.165) is 40.9 Å². The summed E-state index contributed by atoms with van der Waals surface area (Å²) in [6.45, 7) is -0.373. The fourth-order valence-electron chi connectivity index (χ4n) is 3.78. The second-order valence-corrected chi connectivity index (χ2v) is 9.36. The number of nitrogens with one attached hydrogen (secondary N) is 2. The van der Waals surface area contributed by atoms with Crippen molar-refractivity contribution < 1.29 is 17.6 Å². The summed E-state index contributed by atoms with van der Waals surface area (Å²) in [4.78, 5) is 15.8. The third-order valence-electron chi connectivity index (χ3n) is 5.25. The maximum absolute atomic E-state index is 13.3. The summed E-state index contributed by atoms with van der Waals surface area (Å²) in [5.41, 5.74) is 3.59. The molecule has 0 aliphatic heterocycles. The van der Waals surface area contributed by atoms with E-state index in [-0.39, 0.29) is 17.1 Å². The van der Waals surface area contributed by atoms with E-state index in [2.05, 4.69) is 10.3 Å². The predicted octanol–water partition coefficient (Wildman–Crippen LogP) is 3.45. The Morgan fingerprint density at radius 3 is 2.76 bits per heavy atom. The number of hydrogen-bond acceptors (Lipinski definition) is 3. The van der Waals surface area contributed by atoms with E-state index in [0.29, 0.717) is 0 Å². The van der Waals surface area contributed by atoms with Crippen LogP contribution in [-0.4, -0.2) is 37.2 Å². The molecule has 0 fully saturated rings. The summed E-state index contributed by atoms with van der Waals surface area (Å²) in [5.74, 6) is -1.02. The minimum absolute atomic E-state index is 0.151. The lowest BCUT2D eigenvalue weighted by Crippen LogP contribution is -2.35. The van der Waals surface area contributed by atoms with Gasteiger partial charge in [-0.15, -0.1) is 0 Å². The zero-order chi connectivity index (χ0) is 20.6. The van der Waals surface area contributed by atoms with E-state index in [4.69, 9.17) is 0 Å². The number of aryl methyl sites for hydroxylation is 2. The monoisotopic (exact) mass is 415 g/mol. The molecule has 1 aromatic heterocycles. The lowest BCUT2D eigenvalue weighted by atomic mass is 9.96. The van der Waals surface area contributed by atoms with Gasteiger partial charge in [0.05, 0.1) is 11.4 Å².